The third kappa shape index (κ3) is 5.05. The highest BCUT2D eigenvalue weighted by Gasteiger charge is 2.36. The molecule has 1 aliphatic rings. The minimum absolute atomic E-state index is 0.0439. The molecule has 5 nitrogen and oxygen atoms in total. The molecular formula is C27H38N4O. The molecule has 3 atom stereocenters. The first-order valence-electron chi connectivity index (χ1n) is 11.8. The molecule has 1 saturated heterocycles. The van der Waals surface area contributed by atoms with Gasteiger partial charge in [0.1, 0.15) is 0 Å². The first-order valence-corrected chi connectivity index (χ1v) is 11.8. The molecule has 1 unspecified atom stereocenters. The Morgan fingerprint density at radius 1 is 1.12 bits per heavy atom. The van der Waals surface area contributed by atoms with Crippen LogP contribution in [0.4, 0.5) is 5.69 Å². The van der Waals surface area contributed by atoms with E-state index in [1.165, 1.54) is 0 Å². The molecule has 2 aromatic rings. The molecule has 2 N–H and O–H groups in total. The number of nitrogens with two attached hydrogens (primary N) is 1. The summed E-state index contributed by atoms with van der Waals surface area (Å²) in [6.07, 6.45) is 1.98. The zero-order valence-electron chi connectivity index (χ0n) is 20.0. The number of rotatable bonds is 8. The molecule has 0 spiro atoms. The van der Waals surface area contributed by atoms with Crippen molar-refractivity contribution in [2.24, 2.45) is 0 Å². The van der Waals surface area contributed by atoms with Crippen LogP contribution in [0.5, 0.6) is 0 Å². The molecule has 5 heteroatoms. The molecule has 1 aliphatic heterocycles. The molecule has 1 amide bonds. The summed E-state index contributed by atoms with van der Waals surface area (Å²) in [7, 11) is 0. The van der Waals surface area contributed by atoms with Crippen LogP contribution < -0.4 is 5.73 Å². The van der Waals surface area contributed by atoms with Crippen molar-refractivity contribution < 1.29 is 4.79 Å². The van der Waals surface area contributed by atoms with Gasteiger partial charge in [0.05, 0.1) is 6.04 Å². The zero-order chi connectivity index (χ0) is 23.3. The molecule has 0 aliphatic carbocycles. The molecule has 0 saturated carbocycles. The maximum Gasteiger partial charge on any atom is 0.254 e. The number of benzene rings is 2. The van der Waals surface area contributed by atoms with E-state index in [4.69, 9.17) is 5.73 Å². The van der Waals surface area contributed by atoms with Crippen molar-refractivity contribution in [2.75, 3.05) is 38.5 Å². The van der Waals surface area contributed by atoms with Crippen molar-refractivity contribution >= 4 is 11.6 Å². The van der Waals surface area contributed by atoms with Gasteiger partial charge in [-0.2, -0.15) is 0 Å². The number of hydrogen-bond donors (Lipinski definition) is 1. The Labute approximate surface area is 193 Å². The fraction of sp³-hybridized carbons (Fsp3) is 0.444. The molecular weight excluding hydrogens is 396 g/mol. The number of anilines is 1. The molecule has 0 aromatic heterocycles. The summed E-state index contributed by atoms with van der Waals surface area (Å²) in [4.78, 5) is 20.4. The van der Waals surface area contributed by atoms with E-state index in [2.05, 4.69) is 48.4 Å². The van der Waals surface area contributed by atoms with Crippen molar-refractivity contribution in [1.82, 2.24) is 14.7 Å². The fourth-order valence-electron chi connectivity index (χ4n) is 4.90. The van der Waals surface area contributed by atoms with Gasteiger partial charge in [-0.15, -0.1) is 6.58 Å². The average Bonchev–Trinajstić information content (AvgIpc) is 2.78. The smallest absolute Gasteiger partial charge is 0.254 e. The van der Waals surface area contributed by atoms with Gasteiger partial charge in [0.2, 0.25) is 0 Å². The van der Waals surface area contributed by atoms with Gasteiger partial charge in [-0.25, -0.2) is 0 Å². The molecule has 1 heterocycles. The van der Waals surface area contributed by atoms with E-state index in [1.54, 1.807) is 0 Å². The Balaban J connectivity index is 2.10. The first-order chi connectivity index (χ1) is 15.4. The van der Waals surface area contributed by atoms with E-state index < -0.39 is 0 Å². The SMILES string of the molecule is C=CCN1C[C@H](C)N(C(c2cccc(N)c2)c2ccccc2C(=O)N(CC)CC)C[C@H]1C. The second-order valence-corrected chi connectivity index (χ2v) is 8.77. The van der Waals surface area contributed by atoms with Crippen LogP contribution in [0.1, 0.15) is 55.2 Å². The first kappa shape index (κ1) is 24.0. The molecule has 32 heavy (non-hydrogen) atoms. The number of nitrogens with zero attached hydrogens (tertiary/aromatic N) is 3. The van der Waals surface area contributed by atoms with Crippen LogP contribution in [0.3, 0.4) is 0 Å². The predicted molar refractivity (Wildman–Crippen MR) is 134 cm³/mol. The Bertz CT molecular complexity index is 923. The molecule has 0 radical (unpaired) electrons. The number of hydrogen-bond acceptors (Lipinski definition) is 4. The van der Waals surface area contributed by atoms with Gasteiger partial charge in [-0.3, -0.25) is 14.6 Å². The average molecular weight is 435 g/mol. The molecule has 172 valence electrons. The summed E-state index contributed by atoms with van der Waals surface area (Å²) in [5, 5.41) is 0. The lowest BCUT2D eigenvalue weighted by Gasteiger charge is -2.47. The number of amides is 1. The second kappa shape index (κ2) is 10.8. The van der Waals surface area contributed by atoms with Crippen LogP contribution in [0.25, 0.3) is 0 Å². The lowest BCUT2D eigenvalue weighted by Crippen LogP contribution is -2.57. The lowest BCUT2D eigenvalue weighted by molar-refractivity contribution is 0.0303. The van der Waals surface area contributed by atoms with E-state index in [0.29, 0.717) is 25.2 Å². The van der Waals surface area contributed by atoms with Gasteiger partial charge >= 0.3 is 0 Å². The van der Waals surface area contributed by atoms with Gasteiger partial charge in [0.15, 0.2) is 0 Å². The number of piperazine rings is 1. The maximum absolute atomic E-state index is 13.5. The Morgan fingerprint density at radius 3 is 2.50 bits per heavy atom. The molecule has 3 rings (SSSR count). The Morgan fingerprint density at radius 2 is 1.84 bits per heavy atom. The Kier molecular flexibility index (Phi) is 8.10. The third-order valence-electron chi connectivity index (χ3n) is 6.62. The molecule has 0 bridgehead atoms. The lowest BCUT2D eigenvalue weighted by atomic mass is 9.89. The maximum atomic E-state index is 13.5. The summed E-state index contributed by atoms with van der Waals surface area (Å²) >= 11 is 0. The topological polar surface area (TPSA) is 52.8 Å². The van der Waals surface area contributed by atoms with Crippen LogP contribution in [0, 0.1) is 0 Å². The normalized spacial score (nSPS) is 20.6. The zero-order valence-corrected chi connectivity index (χ0v) is 20.0. The number of carbonyl (C=O) groups is 1. The summed E-state index contributed by atoms with van der Waals surface area (Å²) < 4.78 is 0. The van der Waals surface area contributed by atoms with Gasteiger partial charge in [0, 0.05) is 56.1 Å². The summed E-state index contributed by atoms with van der Waals surface area (Å²) in [5.41, 5.74) is 9.89. The van der Waals surface area contributed by atoms with Crippen LogP contribution in [0.15, 0.2) is 61.2 Å². The van der Waals surface area contributed by atoms with E-state index in [0.717, 1.165) is 42.0 Å². The van der Waals surface area contributed by atoms with Crippen molar-refractivity contribution in [2.45, 2.75) is 45.8 Å². The van der Waals surface area contributed by atoms with Crippen molar-refractivity contribution in [1.29, 1.82) is 0 Å². The monoisotopic (exact) mass is 434 g/mol. The van der Waals surface area contributed by atoms with Gasteiger partial charge in [-0.05, 0) is 57.0 Å². The minimum Gasteiger partial charge on any atom is -0.399 e. The van der Waals surface area contributed by atoms with Gasteiger partial charge in [0.25, 0.3) is 5.91 Å². The highest BCUT2D eigenvalue weighted by atomic mass is 16.2. The molecule has 2 aromatic carbocycles. The fourth-order valence-corrected chi connectivity index (χ4v) is 4.90. The number of nitrogen functional groups attached to an aromatic ring is 1. The highest BCUT2D eigenvalue weighted by Crippen LogP contribution is 2.36. The Hall–Kier alpha value is -2.63. The third-order valence-corrected chi connectivity index (χ3v) is 6.62. The van der Waals surface area contributed by atoms with Gasteiger partial charge in [-0.1, -0.05) is 36.4 Å². The van der Waals surface area contributed by atoms with E-state index in [9.17, 15) is 4.79 Å². The largest absolute Gasteiger partial charge is 0.399 e. The summed E-state index contributed by atoms with van der Waals surface area (Å²) in [5.74, 6) is 0.0884. The van der Waals surface area contributed by atoms with E-state index in [-0.39, 0.29) is 11.9 Å². The van der Waals surface area contributed by atoms with Gasteiger partial charge < -0.3 is 10.6 Å². The van der Waals surface area contributed by atoms with Crippen molar-refractivity contribution in [3.05, 3.63) is 77.9 Å². The second-order valence-electron chi connectivity index (χ2n) is 8.77. The quantitative estimate of drug-likeness (QED) is 0.494. The van der Waals surface area contributed by atoms with E-state index in [1.807, 2.05) is 55.2 Å². The predicted octanol–water partition coefficient (Wildman–Crippen LogP) is 4.42. The van der Waals surface area contributed by atoms with Crippen molar-refractivity contribution in [3.63, 3.8) is 0 Å². The van der Waals surface area contributed by atoms with Crippen LogP contribution in [-0.4, -0.2) is 65.4 Å². The summed E-state index contributed by atoms with van der Waals surface area (Å²) in [6.45, 7) is 16.7. The molecule has 1 fully saturated rings. The van der Waals surface area contributed by atoms with Crippen LogP contribution >= 0.6 is 0 Å². The van der Waals surface area contributed by atoms with Crippen LogP contribution in [-0.2, 0) is 0 Å². The standard InChI is InChI=1S/C27H38N4O/c1-6-16-30-18-21(5)31(19-20(30)4)26(22-12-11-13-23(28)17-22)24-14-9-10-15-25(24)27(32)29(7-2)8-3/h6,9-15,17,20-21,26H,1,7-8,16,18-19,28H2,2-5H3/t20-,21+,26?/m1/s1. The van der Waals surface area contributed by atoms with E-state index >= 15 is 0 Å². The minimum atomic E-state index is -0.0439. The summed E-state index contributed by atoms with van der Waals surface area (Å²) in [6, 6.07) is 16.8. The highest BCUT2D eigenvalue weighted by molar-refractivity contribution is 5.96. The van der Waals surface area contributed by atoms with Crippen molar-refractivity contribution in [3.8, 4) is 0 Å². The van der Waals surface area contributed by atoms with Crippen LogP contribution in [0.2, 0.25) is 0 Å². The number of carbonyl (C=O) groups excluding carboxylic acids is 1.